The van der Waals surface area contributed by atoms with E-state index in [1.54, 1.807) is 42.1 Å². The van der Waals surface area contributed by atoms with Gasteiger partial charge in [-0.3, -0.25) is 14.4 Å². The van der Waals surface area contributed by atoms with E-state index in [1.807, 2.05) is 39.8 Å². The van der Waals surface area contributed by atoms with Crippen LogP contribution in [0.4, 0.5) is 14.6 Å². The molecule has 2 aliphatic carbocycles. The van der Waals surface area contributed by atoms with Crippen LogP contribution in [0.2, 0.25) is 0 Å². The van der Waals surface area contributed by atoms with Crippen molar-refractivity contribution in [3.05, 3.63) is 80.9 Å². The molecule has 3 aliphatic rings. The van der Waals surface area contributed by atoms with Crippen molar-refractivity contribution >= 4 is 17.6 Å². The van der Waals surface area contributed by atoms with E-state index in [4.69, 9.17) is 4.74 Å². The number of nitrogens with zero attached hydrogens (tertiary/aromatic N) is 4. The van der Waals surface area contributed by atoms with Gasteiger partial charge in [0.05, 0.1) is 30.3 Å². The highest BCUT2D eigenvalue weighted by molar-refractivity contribution is 6.05. The highest BCUT2D eigenvalue weighted by atomic mass is 19.3. The molecule has 3 fully saturated rings. The molecule has 3 aromatic rings. The van der Waals surface area contributed by atoms with Gasteiger partial charge in [0, 0.05) is 49.6 Å². The minimum Gasteiger partial charge on any atom is -0.377 e. The fourth-order valence-corrected chi connectivity index (χ4v) is 5.54. The summed E-state index contributed by atoms with van der Waals surface area (Å²) in [6, 6.07) is 11.6. The van der Waals surface area contributed by atoms with Crippen LogP contribution in [0.15, 0.2) is 47.4 Å². The van der Waals surface area contributed by atoms with Crippen LogP contribution >= 0.6 is 0 Å². The molecule has 2 aromatic heterocycles. The Hall–Kier alpha value is -4.47. The number of methoxy groups -OCH3 is 1. The van der Waals surface area contributed by atoms with Crippen LogP contribution in [0.5, 0.6) is 0 Å². The van der Waals surface area contributed by atoms with Crippen molar-refractivity contribution < 1.29 is 23.1 Å². The van der Waals surface area contributed by atoms with Crippen LogP contribution in [0.25, 0.3) is 11.1 Å². The molecule has 1 aromatic carbocycles. The molecule has 1 saturated heterocycles. The minimum atomic E-state index is -2.94. The molecule has 254 valence electrons. The molecule has 2 amide bonds. The maximum Gasteiger partial charge on any atom is 0.282 e. The van der Waals surface area contributed by atoms with Gasteiger partial charge >= 0.3 is 0 Å². The summed E-state index contributed by atoms with van der Waals surface area (Å²) in [7, 11) is 1.64. The lowest BCUT2D eigenvalue weighted by Gasteiger charge is -2.39. The van der Waals surface area contributed by atoms with Gasteiger partial charge in [0.2, 0.25) is 0 Å². The van der Waals surface area contributed by atoms with E-state index in [9.17, 15) is 28.4 Å². The summed E-state index contributed by atoms with van der Waals surface area (Å²) in [6.45, 7) is 7.53. The summed E-state index contributed by atoms with van der Waals surface area (Å²) in [5.74, 6) is -3.79. The SMILES string of the molecule is CC.COC(C)(C)CNCc1cc(C(=O)Nc2cc(-c3ccc(C#N)cc3C(=O)N3CC(F)(F)C3)cc(C3CC3)n2)c(=O)n(C2CC2)c1. The number of nitriles is 1. The van der Waals surface area contributed by atoms with Crippen molar-refractivity contribution in [1.82, 2.24) is 19.8 Å². The average molecular weight is 661 g/mol. The molecule has 6 rings (SSSR count). The molecule has 12 heteroatoms. The van der Waals surface area contributed by atoms with E-state index >= 15 is 0 Å². The first-order valence-electron chi connectivity index (χ1n) is 16.4. The molecule has 1 aliphatic heterocycles. The Morgan fingerprint density at radius 2 is 1.79 bits per heavy atom. The van der Waals surface area contributed by atoms with Gasteiger partial charge in [-0.25, -0.2) is 13.8 Å². The minimum absolute atomic E-state index is 0.00896. The third-order valence-electron chi connectivity index (χ3n) is 8.62. The number of halogens is 2. The average Bonchev–Trinajstić information content (AvgIpc) is 3.98. The lowest BCUT2D eigenvalue weighted by atomic mass is 9.95. The van der Waals surface area contributed by atoms with Crippen LogP contribution in [0, 0.1) is 11.3 Å². The second kappa shape index (κ2) is 13.9. The van der Waals surface area contributed by atoms with E-state index in [0.717, 1.165) is 36.1 Å². The second-order valence-corrected chi connectivity index (χ2v) is 13.1. The standard InChI is InChI=1S/C34H36F2N6O4.C2H6/c1-33(2,46-3)17-38-15-21-11-27(32(45)42(16-21)24-7-8-24)30(43)40-29-13-23(12-28(39-29)22-5-6-22)25-9-4-20(14-37)10-26(25)31(44)41-18-34(35,36)19-41;1-2/h4,9-13,16,22,24,38H,5-8,15,17-19H2,1-3H3,(H,39,40,43);1-2H3. The molecule has 0 radical (unpaired) electrons. The highest BCUT2D eigenvalue weighted by Gasteiger charge is 2.46. The normalized spacial score (nSPS) is 16.7. The van der Waals surface area contributed by atoms with E-state index in [1.165, 1.54) is 6.07 Å². The third-order valence-corrected chi connectivity index (χ3v) is 8.62. The van der Waals surface area contributed by atoms with Gasteiger partial charge in [0.25, 0.3) is 23.3 Å². The van der Waals surface area contributed by atoms with Crippen molar-refractivity contribution in [3.63, 3.8) is 0 Å². The topological polar surface area (TPSA) is 129 Å². The van der Waals surface area contributed by atoms with Crippen molar-refractivity contribution in [2.75, 3.05) is 32.1 Å². The molecule has 0 atom stereocenters. The van der Waals surface area contributed by atoms with Crippen LogP contribution in [-0.4, -0.2) is 64.5 Å². The smallest absolute Gasteiger partial charge is 0.282 e. The van der Waals surface area contributed by atoms with Crippen molar-refractivity contribution in [2.45, 2.75) is 83.4 Å². The number of rotatable bonds is 11. The van der Waals surface area contributed by atoms with Crippen LogP contribution in [-0.2, 0) is 11.3 Å². The number of hydrogen-bond donors (Lipinski definition) is 2. The Bertz CT molecular complexity index is 1800. The summed E-state index contributed by atoms with van der Waals surface area (Å²) >= 11 is 0. The van der Waals surface area contributed by atoms with Gasteiger partial charge in [0.15, 0.2) is 0 Å². The number of ether oxygens (including phenoxy) is 1. The lowest BCUT2D eigenvalue weighted by molar-refractivity contribution is -0.113. The fourth-order valence-electron chi connectivity index (χ4n) is 5.54. The number of pyridine rings is 2. The summed E-state index contributed by atoms with van der Waals surface area (Å²) in [6.07, 6.45) is 5.35. The maximum absolute atomic E-state index is 13.7. The Balaban J connectivity index is 0.00000221. The molecule has 0 unspecified atom stereocenters. The number of amides is 2. The first-order valence-corrected chi connectivity index (χ1v) is 16.4. The predicted molar refractivity (Wildman–Crippen MR) is 178 cm³/mol. The number of carbonyl (C=O) groups excluding carboxylic acids is 2. The summed E-state index contributed by atoms with van der Waals surface area (Å²) in [5.41, 5.74) is 2.02. The first-order chi connectivity index (χ1) is 22.9. The molecule has 3 heterocycles. The Labute approximate surface area is 279 Å². The maximum atomic E-state index is 13.7. The van der Waals surface area contributed by atoms with Crippen molar-refractivity contribution in [2.24, 2.45) is 0 Å². The zero-order valence-electron chi connectivity index (χ0n) is 28.0. The highest BCUT2D eigenvalue weighted by Crippen LogP contribution is 2.42. The Kier molecular flexibility index (Phi) is 10.1. The number of aromatic nitrogens is 2. The van der Waals surface area contributed by atoms with Crippen molar-refractivity contribution in [1.29, 1.82) is 5.26 Å². The number of benzene rings is 1. The molecule has 10 nitrogen and oxygen atoms in total. The zero-order valence-corrected chi connectivity index (χ0v) is 28.0. The summed E-state index contributed by atoms with van der Waals surface area (Å²) in [4.78, 5) is 46.2. The first kappa shape index (κ1) is 34.9. The van der Waals surface area contributed by atoms with E-state index in [0.29, 0.717) is 29.9 Å². The van der Waals surface area contributed by atoms with E-state index in [-0.39, 0.29) is 45.6 Å². The van der Waals surface area contributed by atoms with Gasteiger partial charge in [-0.05, 0) is 86.6 Å². The van der Waals surface area contributed by atoms with E-state index in [2.05, 4.69) is 15.6 Å². The van der Waals surface area contributed by atoms with E-state index < -0.39 is 30.8 Å². The molecule has 2 saturated carbocycles. The number of hydrogen-bond acceptors (Lipinski definition) is 7. The van der Waals surface area contributed by atoms with Gasteiger partial charge in [-0.1, -0.05) is 19.9 Å². The van der Waals surface area contributed by atoms with Crippen molar-refractivity contribution in [3.8, 4) is 17.2 Å². The third kappa shape index (κ3) is 7.97. The number of carbonyl (C=O) groups is 2. The Morgan fingerprint density at radius 1 is 1.08 bits per heavy atom. The second-order valence-electron chi connectivity index (χ2n) is 13.1. The zero-order chi connectivity index (χ0) is 34.8. The molecule has 0 spiro atoms. The molecular formula is C36H42F2N6O4. The number of anilines is 1. The van der Waals surface area contributed by atoms with Crippen LogP contribution in [0.3, 0.4) is 0 Å². The van der Waals surface area contributed by atoms with Gasteiger partial charge < -0.3 is 24.8 Å². The molecular weight excluding hydrogens is 618 g/mol. The fraction of sp³-hybridized carbons (Fsp3) is 0.472. The van der Waals surface area contributed by atoms with Crippen LogP contribution in [0.1, 0.15) is 103 Å². The largest absolute Gasteiger partial charge is 0.377 e. The van der Waals surface area contributed by atoms with Crippen LogP contribution < -0.4 is 16.2 Å². The number of likely N-dealkylation sites (tertiary alicyclic amines) is 1. The molecule has 0 bridgehead atoms. The summed E-state index contributed by atoms with van der Waals surface area (Å²) in [5, 5.41) is 15.6. The predicted octanol–water partition coefficient (Wildman–Crippen LogP) is 5.88. The van der Waals surface area contributed by atoms with Gasteiger partial charge in [-0.15, -0.1) is 0 Å². The monoisotopic (exact) mass is 660 g/mol. The summed E-state index contributed by atoms with van der Waals surface area (Å²) < 4.78 is 34.3. The quantitative estimate of drug-likeness (QED) is 0.263. The number of nitrogens with one attached hydrogen (secondary N) is 2. The van der Waals surface area contributed by atoms with Gasteiger partial charge in [0.1, 0.15) is 11.4 Å². The lowest BCUT2D eigenvalue weighted by Crippen LogP contribution is -2.58. The molecule has 48 heavy (non-hydrogen) atoms. The Morgan fingerprint density at radius 3 is 2.40 bits per heavy atom. The number of alkyl halides is 2. The molecule has 2 N–H and O–H groups in total. The van der Waals surface area contributed by atoms with Gasteiger partial charge in [-0.2, -0.15) is 5.26 Å².